The number of hydrogen-bond acceptors (Lipinski definition) is 5. The molecular formula is C20H21ClN3O5+. The van der Waals surface area contributed by atoms with Crippen molar-refractivity contribution >= 4 is 28.9 Å². The van der Waals surface area contributed by atoms with Crippen molar-refractivity contribution in [3.63, 3.8) is 0 Å². The first-order valence-corrected chi connectivity index (χ1v) is 9.87. The molecule has 29 heavy (non-hydrogen) atoms. The van der Waals surface area contributed by atoms with Gasteiger partial charge in [-0.15, -0.1) is 0 Å². The van der Waals surface area contributed by atoms with Crippen molar-refractivity contribution in [1.29, 1.82) is 0 Å². The number of benzene rings is 2. The van der Waals surface area contributed by atoms with E-state index in [-0.39, 0.29) is 34.9 Å². The topological polar surface area (TPSA) is 95.1 Å². The van der Waals surface area contributed by atoms with Crippen molar-refractivity contribution in [1.82, 2.24) is 0 Å². The van der Waals surface area contributed by atoms with Gasteiger partial charge >= 0.3 is 0 Å². The smallest absolute Gasteiger partial charge is 0.294 e. The number of ether oxygens (including phenoxy) is 2. The molecular weight excluding hydrogens is 398 g/mol. The summed E-state index contributed by atoms with van der Waals surface area (Å²) in [7, 11) is 0. The summed E-state index contributed by atoms with van der Waals surface area (Å²) in [6, 6.07) is 10.3. The van der Waals surface area contributed by atoms with Gasteiger partial charge in [-0.1, -0.05) is 11.6 Å². The zero-order valence-corrected chi connectivity index (χ0v) is 16.4. The standard InChI is InChI=1S/C20H20ClN3O5/c21-14-4-5-15(17(11-14)24(26)27)22-20(25)12-23-7-1-2-16(23)13-3-6-18-19(10-13)29-9-8-28-18/h3-6,10-11,16H,1-2,7-9,12H2,(H,22,25)/p+1/t16-/m0/s1. The molecule has 0 radical (unpaired) electrons. The van der Waals surface area contributed by atoms with Crippen molar-refractivity contribution < 1.29 is 24.1 Å². The van der Waals surface area contributed by atoms with Crippen molar-refractivity contribution in [3.8, 4) is 11.5 Å². The number of fused-ring (bicyclic) bond motifs is 1. The number of carbonyl (C=O) groups is 1. The SMILES string of the molecule is O=C(C[NH+]1CCC[C@H]1c1ccc2c(c1)OCCO2)Nc1ccc(Cl)cc1[N+](=O)[O-]. The second kappa shape index (κ2) is 8.26. The van der Waals surface area contributed by atoms with Crippen LogP contribution in [-0.2, 0) is 4.79 Å². The van der Waals surface area contributed by atoms with Gasteiger partial charge in [-0.25, -0.2) is 0 Å². The molecule has 1 amide bonds. The zero-order valence-electron chi connectivity index (χ0n) is 15.7. The normalized spacial score (nSPS) is 20.3. The van der Waals surface area contributed by atoms with E-state index < -0.39 is 4.92 Å². The fourth-order valence-electron chi connectivity index (χ4n) is 3.96. The van der Waals surface area contributed by atoms with Crippen LogP contribution < -0.4 is 19.7 Å². The average Bonchev–Trinajstić information content (AvgIpc) is 3.16. The highest BCUT2D eigenvalue weighted by Crippen LogP contribution is 2.33. The van der Waals surface area contributed by atoms with Crippen LogP contribution in [-0.4, -0.2) is 37.1 Å². The number of likely N-dealkylation sites (tertiary alicyclic amines) is 1. The van der Waals surface area contributed by atoms with E-state index in [2.05, 4.69) is 5.32 Å². The number of carbonyl (C=O) groups excluding carboxylic acids is 1. The number of nitrogens with one attached hydrogen (secondary N) is 2. The number of nitrogens with zero attached hydrogens (tertiary/aromatic N) is 1. The van der Waals surface area contributed by atoms with Crippen LogP contribution in [0, 0.1) is 10.1 Å². The van der Waals surface area contributed by atoms with Gasteiger partial charge in [0.05, 0.1) is 11.5 Å². The maximum atomic E-state index is 12.6. The lowest BCUT2D eigenvalue weighted by molar-refractivity contribution is -0.910. The van der Waals surface area contributed by atoms with Gasteiger partial charge in [-0.2, -0.15) is 0 Å². The lowest BCUT2D eigenvalue weighted by Gasteiger charge is -2.24. The molecule has 2 heterocycles. The second-order valence-corrected chi connectivity index (χ2v) is 7.59. The largest absolute Gasteiger partial charge is 0.486 e. The van der Waals surface area contributed by atoms with E-state index in [4.69, 9.17) is 21.1 Å². The molecule has 0 saturated carbocycles. The highest BCUT2D eigenvalue weighted by Gasteiger charge is 2.33. The fourth-order valence-corrected chi connectivity index (χ4v) is 4.13. The molecule has 9 heteroatoms. The molecule has 2 N–H and O–H groups in total. The van der Waals surface area contributed by atoms with Gasteiger partial charge in [0.1, 0.15) is 24.9 Å². The van der Waals surface area contributed by atoms with Crippen molar-refractivity contribution in [2.24, 2.45) is 0 Å². The summed E-state index contributed by atoms with van der Waals surface area (Å²) in [6.45, 7) is 2.15. The summed E-state index contributed by atoms with van der Waals surface area (Å²) >= 11 is 5.83. The number of amides is 1. The van der Waals surface area contributed by atoms with Crippen LogP contribution in [0.4, 0.5) is 11.4 Å². The molecule has 2 aromatic carbocycles. The molecule has 0 bridgehead atoms. The number of hydrogen-bond donors (Lipinski definition) is 2. The van der Waals surface area contributed by atoms with Gasteiger partial charge in [0.25, 0.3) is 11.6 Å². The van der Waals surface area contributed by atoms with Crippen LogP contribution in [0.15, 0.2) is 36.4 Å². The van der Waals surface area contributed by atoms with Crippen LogP contribution in [0.1, 0.15) is 24.4 Å². The highest BCUT2D eigenvalue weighted by atomic mass is 35.5. The summed E-state index contributed by atoms with van der Waals surface area (Å²) in [6.07, 6.45) is 1.96. The lowest BCUT2D eigenvalue weighted by Crippen LogP contribution is -3.11. The van der Waals surface area contributed by atoms with Gasteiger partial charge in [-0.3, -0.25) is 14.9 Å². The Hall–Kier alpha value is -2.84. The maximum Gasteiger partial charge on any atom is 0.294 e. The minimum Gasteiger partial charge on any atom is -0.486 e. The molecule has 1 unspecified atom stereocenters. The second-order valence-electron chi connectivity index (χ2n) is 7.15. The predicted molar refractivity (Wildman–Crippen MR) is 107 cm³/mol. The van der Waals surface area contributed by atoms with E-state index in [1.54, 1.807) is 0 Å². The lowest BCUT2D eigenvalue weighted by atomic mass is 10.0. The third-order valence-electron chi connectivity index (χ3n) is 5.27. The Kier molecular flexibility index (Phi) is 5.55. The van der Waals surface area contributed by atoms with Crippen LogP contribution in [0.3, 0.4) is 0 Å². The van der Waals surface area contributed by atoms with Gasteiger partial charge in [0.2, 0.25) is 0 Å². The first-order valence-electron chi connectivity index (χ1n) is 9.49. The predicted octanol–water partition coefficient (Wildman–Crippen LogP) is 2.38. The maximum absolute atomic E-state index is 12.6. The molecule has 152 valence electrons. The van der Waals surface area contributed by atoms with E-state index >= 15 is 0 Å². The first kappa shape index (κ1) is 19.5. The van der Waals surface area contributed by atoms with Crippen LogP contribution in [0.2, 0.25) is 5.02 Å². The van der Waals surface area contributed by atoms with Gasteiger partial charge in [0.15, 0.2) is 18.0 Å². The van der Waals surface area contributed by atoms with E-state index in [0.29, 0.717) is 13.2 Å². The third kappa shape index (κ3) is 4.28. The molecule has 0 spiro atoms. The molecule has 1 fully saturated rings. The van der Waals surface area contributed by atoms with E-state index in [9.17, 15) is 14.9 Å². The van der Waals surface area contributed by atoms with Crippen molar-refractivity contribution in [2.75, 3.05) is 31.6 Å². The first-order chi connectivity index (χ1) is 14.0. The van der Waals surface area contributed by atoms with Crippen LogP contribution in [0.25, 0.3) is 0 Å². The molecule has 0 aliphatic carbocycles. The Labute approximate surface area is 172 Å². The fraction of sp³-hybridized carbons (Fsp3) is 0.350. The number of halogens is 1. The molecule has 2 atom stereocenters. The Morgan fingerprint density at radius 2 is 2.00 bits per heavy atom. The monoisotopic (exact) mass is 418 g/mol. The van der Waals surface area contributed by atoms with Gasteiger partial charge in [-0.05, 0) is 30.3 Å². The van der Waals surface area contributed by atoms with E-state index in [0.717, 1.165) is 41.3 Å². The summed E-state index contributed by atoms with van der Waals surface area (Å²) in [5, 5.41) is 14.1. The van der Waals surface area contributed by atoms with Crippen LogP contribution in [0.5, 0.6) is 11.5 Å². The molecule has 2 aliphatic heterocycles. The summed E-state index contributed by atoms with van der Waals surface area (Å²) in [4.78, 5) is 24.4. The Morgan fingerprint density at radius 1 is 1.21 bits per heavy atom. The quantitative estimate of drug-likeness (QED) is 0.574. The van der Waals surface area contributed by atoms with Crippen molar-refractivity contribution in [2.45, 2.75) is 18.9 Å². The zero-order chi connectivity index (χ0) is 20.4. The summed E-state index contributed by atoms with van der Waals surface area (Å²) in [5.41, 5.74) is 1.04. The number of nitro benzene ring substituents is 1. The Bertz CT molecular complexity index is 952. The molecule has 1 saturated heterocycles. The van der Waals surface area contributed by atoms with Crippen LogP contribution >= 0.6 is 11.6 Å². The minimum atomic E-state index is -0.553. The van der Waals surface area contributed by atoms with Gasteiger partial charge in [0, 0.05) is 29.5 Å². The minimum absolute atomic E-state index is 0.152. The molecule has 2 aliphatic rings. The summed E-state index contributed by atoms with van der Waals surface area (Å²) in [5.74, 6) is 1.21. The number of rotatable bonds is 5. The van der Waals surface area contributed by atoms with E-state index in [1.165, 1.54) is 18.2 Å². The number of nitro groups is 1. The Morgan fingerprint density at radius 3 is 2.79 bits per heavy atom. The third-order valence-corrected chi connectivity index (χ3v) is 5.51. The molecule has 8 nitrogen and oxygen atoms in total. The van der Waals surface area contributed by atoms with Crippen molar-refractivity contribution in [3.05, 3.63) is 57.1 Å². The molecule has 0 aromatic heterocycles. The Balaban J connectivity index is 1.46. The number of quaternary nitrogens is 1. The number of anilines is 1. The molecule has 2 aromatic rings. The van der Waals surface area contributed by atoms with Gasteiger partial charge < -0.3 is 19.7 Å². The summed E-state index contributed by atoms with van der Waals surface area (Å²) < 4.78 is 11.3. The molecule has 4 rings (SSSR count). The average molecular weight is 419 g/mol. The highest BCUT2D eigenvalue weighted by molar-refractivity contribution is 6.31. The van der Waals surface area contributed by atoms with E-state index in [1.807, 2.05) is 18.2 Å².